The maximum atomic E-state index is 14.1. The van der Waals surface area contributed by atoms with Gasteiger partial charge in [0.15, 0.2) is 17.4 Å². The van der Waals surface area contributed by atoms with Gasteiger partial charge in [-0.25, -0.2) is 22.2 Å². The van der Waals surface area contributed by atoms with Crippen LogP contribution in [-0.4, -0.2) is 37.9 Å². The minimum atomic E-state index is -0.894. The van der Waals surface area contributed by atoms with E-state index in [4.69, 9.17) is 0 Å². The van der Waals surface area contributed by atoms with Gasteiger partial charge < -0.3 is 0 Å². The van der Waals surface area contributed by atoms with Gasteiger partial charge in [0.2, 0.25) is 0 Å². The van der Waals surface area contributed by atoms with Crippen molar-refractivity contribution in [3.05, 3.63) is 107 Å². The van der Waals surface area contributed by atoms with Crippen LogP contribution in [0.3, 0.4) is 0 Å². The molecule has 1 fully saturated rings. The Morgan fingerprint density at radius 3 is 2.62 bits per heavy atom. The van der Waals surface area contributed by atoms with E-state index in [9.17, 15) is 18.0 Å². The largest absolute Gasteiger partial charge is 0.292 e. The summed E-state index contributed by atoms with van der Waals surface area (Å²) >= 11 is 1.34. The monoisotopic (exact) mass is 520 g/mol. The molecule has 1 saturated heterocycles. The highest BCUT2D eigenvalue weighted by atomic mass is 32.2. The van der Waals surface area contributed by atoms with Crippen LogP contribution in [0.15, 0.2) is 78.0 Å². The molecule has 0 N–H and O–H groups in total. The van der Waals surface area contributed by atoms with Gasteiger partial charge in [-0.1, -0.05) is 6.07 Å². The number of ketones is 1. The molecule has 0 spiro atoms. The van der Waals surface area contributed by atoms with Gasteiger partial charge in [-0.15, -0.1) is 0 Å². The molecule has 1 aliphatic heterocycles. The fourth-order valence-electron chi connectivity index (χ4n) is 5.60. The number of piperidine rings is 1. The van der Waals surface area contributed by atoms with E-state index in [0.717, 1.165) is 29.4 Å². The van der Waals surface area contributed by atoms with E-state index in [-0.39, 0.29) is 17.5 Å². The molecular formula is C28H23F3N4OS. The number of rotatable bonds is 5. The summed E-state index contributed by atoms with van der Waals surface area (Å²) in [6, 6.07) is 15.4. The third-order valence-electron chi connectivity index (χ3n) is 7.41. The van der Waals surface area contributed by atoms with Crippen LogP contribution in [0.2, 0.25) is 0 Å². The molecule has 2 atom stereocenters. The average molecular weight is 521 g/mol. The molecule has 4 aromatic rings. The molecule has 0 radical (unpaired) electrons. The summed E-state index contributed by atoms with van der Waals surface area (Å²) < 4.78 is 44.7. The number of carbonyl (C=O) groups excluding carboxylic acids is 1. The topological polar surface area (TPSA) is 51.0 Å². The van der Waals surface area contributed by atoms with Crippen LogP contribution in [0.25, 0.3) is 5.69 Å². The Balaban J connectivity index is 1.36. The number of hydrogen-bond donors (Lipinski definition) is 0. The standard InChI is InChI=1S/C28H23F3N4OS/c29-20-4-6-21(7-5-20)35-26-13-19-10-12-34(37-22-8-9-23(30)24(31)14-22)17-28(19,15-18(26)16-33-35)27(36)25-3-1-2-11-32-25/h1-9,11,14,16,19H,10,12-13,15,17H2. The molecule has 0 amide bonds. The number of Topliss-reactive ketones (excluding diaryl/α,β-unsaturated/α-hetero) is 1. The number of fused-ring (bicyclic) bond motifs is 2. The van der Waals surface area contributed by atoms with Gasteiger partial charge in [0.1, 0.15) is 11.5 Å². The Kier molecular flexibility index (Phi) is 6.12. The predicted octanol–water partition coefficient (Wildman–Crippen LogP) is 5.68. The lowest BCUT2D eigenvalue weighted by atomic mass is 9.60. The zero-order valence-corrected chi connectivity index (χ0v) is 20.6. The molecule has 0 saturated carbocycles. The highest BCUT2D eigenvalue weighted by molar-refractivity contribution is 7.97. The van der Waals surface area contributed by atoms with Gasteiger partial charge in [0.25, 0.3) is 0 Å². The fraction of sp³-hybridized carbons (Fsp3) is 0.250. The van der Waals surface area contributed by atoms with E-state index in [1.165, 1.54) is 30.1 Å². The second kappa shape index (κ2) is 9.46. The molecule has 2 aromatic carbocycles. The van der Waals surface area contributed by atoms with Crippen molar-refractivity contribution >= 4 is 17.7 Å². The van der Waals surface area contributed by atoms with Gasteiger partial charge in [-0.05, 0) is 97.3 Å². The Labute approximate surface area is 216 Å². The van der Waals surface area contributed by atoms with Crippen molar-refractivity contribution in [1.29, 1.82) is 0 Å². The molecule has 1 aliphatic carbocycles. The summed E-state index contributed by atoms with van der Waals surface area (Å²) in [5.74, 6) is -2.07. The molecule has 188 valence electrons. The van der Waals surface area contributed by atoms with Crippen LogP contribution >= 0.6 is 11.9 Å². The van der Waals surface area contributed by atoms with E-state index in [2.05, 4.69) is 14.4 Å². The maximum Gasteiger partial charge on any atom is 0.189 e. The molecule has 37 heavy (non-hydrogen) atoms. The van der Waals surface area contributed by atoms with Crippen molar-refractivity contribution in [3.8, 4) is 5.69 Å². The predicted molar refractivity (Wildman–Crippen MR) is 134 cm³/mol. The Hall–Kier alpha value is -3.43. The molecule has 2 aromatic heterocycles. The van der Waals surface area contributed by atoms with Gasteiger partial charge in [-0.3, -0.25) is 9.78 Å². The minimum Gasteiger partial charge on any atom is -0.292 e. The van der Waals surface area contributed by atoms with Gasteiger partial charge in [0.05, 0.1) is 17.3 Å². The number of pyridine rings is 1. The molecule has 2 unspecified atom stereocenters. The summed E-state index contributed by atoms with van der Waals surface area (Å²) in [6.07, 6.45) is 5.29. The Morgan fingerprint density at radius 2 is 1.86 bits per heavy atom. The number of carbonyl (C=O) groups is 1. The third kappa shape index (κ3) is 4.36. The first-order valence-electron chi connectivity index (χ1n) is 12.1. The first-order chi connectivity index (χ1) is 17.9. The van der Waals surface area contributed by atoms with Crippen molar-refractivity contribution in [3.63, 3.8) is 0 Å². The lowest BCUT2D eigenvalue weighted by Gasteiger charge is -2.49. The lowest BCUT2D eigenvalue weighted by molar-refractivity contribution is 0.0412. The highest BCUT2D eigenvalue weighted by Gasteiger charge is 2.53. The van der Waals surface area contributed by atoms with Crippen LogP contribution in [0.1, 0.15) is 28.2 Å². The normalized spacial score (nSPS) is 21.3. The summed E-state index contributed by atoms with van der Waals surface area (Å²) in [6.45, 7) is 1.13. The van der Waals surface area contributed by atoms with E-state index in [1.54, 1.807) is 42.7 Å². The van der Waals surface area contributed by atoms with Crippen LogP contribution < -0.4 is 0 Å². The second-order valence-electron chi connectivity index (χ2n) is 9.60. The number of nitrogens with zero attached hydrogens (tertiary/aromatic N) is 4. The SMILES string of the molecule is O=C(c1ccccn1)C12Cc3cnn(-c4ccc(F)cc4)c3CC1CCN(Sc1ccc(F)c(F)c1)C2. The summed E-state index contributed by atoms with van der Waals surface area (Å²) in [5.41, 5.74) is 2.45. The number of aromatic nitrogens is 3. The second-order valence-corrected chi connectivity index (χ2v) is 10.8. The summed E-state index contributed by atoms with van der Waals surface area (Å²) in [4.78, 5) is 19.0. The maximum absolute atomic E-state index is 14.1. The van der Waals surface area contributed by atoms with Crippen LogP contribution in [-0.2, 0) is 12.8 Å². The van der Waals surface area contributed by atoms with Gasteiger partial charge in [0, 0.05) is 29.9 Å². The van der Waals surface area contributed by atoms with Crippen molar-refractivity contribution in [1.82, 2.24) is 19.1 Å². The Morgan fingerprint density at radius 1 is 1.03 bits per heavy atom. The molecule has 3 heterocycles. The number of hydrogen-bond acceptors (Lipinski definition) is 5. The van der Waals surface area contributed by atoms with E-state index < -0.39 is 17.0 Å². The van der Waals surface area contributed by atoms with Crippen molar-refractivity contribution in [2.75, 3.05) is 13.1 Å². The van der Waals surface area contributed by atoms with Crippen molar-refractivity contribution in [2.45, 2.75) is 24.2 Å². The van der Waals surface area contributed by atoms with Crippen molar-refractivity contribution in [2.24, 2.45) is 11.3 Å². The number of benzene rings is 2. The molecule has 5 nitrogen and oxygen atoms in total. The third-order valence-corrected chi connectivity index (χ3v) is 8.45. The zero-order chi connectivity index (χ0) is 25.6. The molecule has 9 heteroatoms. The molecule has 2 aliphatic rings. The van der Waals surface area contributed by atoms with Crippen LogP contribution in [0, 0.1) is 28.8 Å². The van der Waals surface area contributed by atoms with E-state index in [1.807, 2.05) is 10.7 Å². The highest BCUT2D eigenvalue weighted by Crippen LogP contribution is 2.49. The quantitative estimate of drug-likeness (QED) is 0.250. The van der Waals surface area contributed by atoms with E-state index >= 15 is 0 Å². The lowest BCUT2D eigenvalue weighted by Crippen LogP contribution is -2.55. The average Bonchev–Trinajstić information content (AvgIpc) is 3.32. The number of halogens is 3. The summed E-state index contributed by atoms with van der Waals surface area (Å²) in [7, 11) is 0. The van der Waals surface area contributed by atoms with Crippen LogP contribution in [0.4, 0.5) is 13.2 Å². The Bertz CT molecular complexity index is 1460. The van der Waals surface area contributed by atoms with Gasteiger partial charge in [-0.2, -0.15) is 5.10 Å². The molecule has 6 rings (SSSR count). The van der Waals surface area contributed by atoms with Crippen LogP contribution in [0.5, 0.6) is 0 Å². The van der Waals surface area contributed by atoms with Crippen molar-refractivity contribution < 1.29 is 18.0 Å². The smallest absolute Gasteiger partial charge is 0.189 e. The minimum absolute atomic E-state index is 0.0196. The zero-order valence-electron chi connectivity index (χ0n) is 19.8. The molecule has 0 bridgehead atoms. The first-order valence-corrected chi connectivity index (χ1v) is 12.9. The summed E-state index contributed by atoms with van der Waals surface area (Å²) in [5, 5.41) is 4.59. The van der Waals surface area contributed by atoms with Gasteiger partial charge >= 0.3 is 0 Å². The first kappa shape index (κ1) is 23.9. The molecular weight excluding hydrogens is 497 g/mol. The fourth-order valence-corrected chi connectivity index (χ4v) is 6.67. The van der Waals surface area contributed by atoms with E-state index in [0.29, 0.717) is 36.5 Å².